The van der Waals surface area contributed by atoms with Gasteiger partial charge >= 0.3 is 0 Å². The zero-order valence-corrected chi connectivity index (χ0v) is 11.8. The minimum atomic E-state index is -0.844. The molecule has 3 nitrogen and oxygen atoms in total. The Labute approximate surface area is 106 Å². The van der Waals surface area contributed by atoms with Crippen LogP contribution in [-0.4, -0.2) is 28.0 Å². The molecule has 2 atom stereocenters. The highest BCUT2D eigenvalue weighted by Gasteiger charge is 2.35. The Hall–Kier alpha value is -0.120. The highest BCUT2D eigenvalue weighted by molar-refractivity contribution is 4.93. The van der Waals surface area contributed by atoms with Crippen molar-refractivity contribution >= 4 is 0 Å². The fourth-order valence-corrected chi connectivity index (χ4v) is 2.16. The van der Waals surface area contributed by atoms with E-state index < -0.39 is 17.7 Å². The number of aliphatic hydroxyl groups is 2. The van der Waals surface area contributed by atoms with Gasteiger partial charge in [0.25, 0.3) is 0 Å². The van der Waals surface area contributed by atoms with E-state index in [4.69, 9.17) is 5.73 Å². The Morgan fingerprint density at radius 2 is 1.29 bits per heavy atom. The summed E-state index contributed by atoms with van der Waals surface area (Å²) in [7, 11) is 0. The van der Waals surface area contributed by atoms with Crippen LogP contribution in [0.3, 0.4) is 0 Å². The first-order valence-electron chi connectivity index (χ1n) is 7.10. The quantitative estimate of drug-likeness (QED) is 0.518. The average molecular weight is 245 g/mol. The lowest BCUT2D eigenvalue weighted by Crippen LogP contribution is -2.57. The zero-order valence-electron chi connectivity index (χ0n) is 11.8. The van der Waals surface area contributed by atoms with Crippen LogP contribution < -0.4 is 5.73 Å². The van der Waals surface area contributed by atoms with Crippen LogP contribution >= 0.6 is 0 Å². The first-order chi connectivity index (χ1) is 7.95. The topological polar surface area (TPSA) is 66.5 Å². The van der Waals surface area contributed by atoms with Crippen LogP contribution in [0.2, 0.25) is 0 Å². The first-order valence-corrected chi connectivity index (χ1v) is 7.10. The predicted octanol–water partition coefficient (Wildman–Crippen LogP) is 2.59. The molecule has 0 amide bonds. The van der Waals surface area contributed by atoms with E-state index in [1.165, 1.54) is 32.1 Å². The fourth-order valence-electron chi connectivity index (χ4n) is 2.16. The standard InChI is InChI=1S/C14H31NO2/c1-4-5-6-7-8-9-10-11-14(15,12(2)16)13(3)17/h12-13,16-17H,4-11,15H2,1-3H3. The first kappa shape index (κ1) is 16.9. The average Bonchev–Trinajstić information content (AvgIpc) is 2.27. The van der Waals surface area contributed by atoms with Gasteiger partial charge in [-0.15, -0.1) is 0 Å². The summed E-state index contributed by atoms with van der Waals surface area (Å²) in [4.78, 5) is 0. The molecule has 0 bridgehead atoms. The van der Waals surface area contributed by atoms with Crippen molar-refractivity contribution in [1.82, 2.24) is 0 Å². The molecule has 3 heteroatoms. The zero-order chi connectivity index (χ0) is 13.3. The molecule has 0 heterocycles. The third-order valence-corrected chi connectivity index (χ3v) is 3.77. The monoisotopic (exact) mass is 245 g/mol. The molecule has 104 valence electrons. The second-order valence-corrected chi connectivity index (χ2v) is 5.34. The maximum Gasteiger partial charge on any atom is 0.0716 e. The van der Waals surface area contributed by atoms with E-state index in [2.05, 4.69) is 6.92 Å². The van der Waals surface area contributed by atoms with Crippen LogP contribution in [0.4, 0.5) is 0 Å². The Morgan fingerprint density at radius 3 is 1.71 bits per heavy atom. The number of unbranched alkanes of at least 4 members (excludes halogenated alkanes) is 6. The molecule has 4 N–H and O–H groups in total. The molecule has 0 fully saturated rings. The molecule has 0 aromatic rings. The van der Waals surface area contributed by atoms with Gasteiger partial charge in [-0.3, -0.25) is 0 Å². The molecule has 0 aliphatic rings. The van der Waals surface area contributed by atoms with Gasteiger partial charge in [0, 0.05) is 0 Å². The summed E-state index contributed by atoms with van der Waals surface area (Å²) in [6.07, 6.45) is 7.92. The largest absolute Gasteiger partial charge is 0.391 e. The van der Waals surface area contributed by atoms with E-state index in [0.717, 1.165) is 12.8 Å². The number of nitrogens with two attached hydrogens (primary N) is 1. The highest BCUT2D eigenvalue weighted by Crippen LogP contribution is 2.21. The Kier molecular flexibility index (Phi) is 8.83. The van der Waals surface area contributed by atoms with Crippen molar-refractivity contribution in [3.05, 3.63) is 0 Å². The molecule has 0 radical (unpaired) electrons. The SMILES string of the molecule is CCCCCCCCCC(N)(C(C)O)C(C)O. The van der Waals surface area contributed by atoms with Crippen LogP contribution in [-0.2, 0) is 0 Å². The Morgan fingerprint density at radius 1 is 0.882 bits per heavy atom. The van der Waals surface area contributed by atoms with Gasteiger partial charge in [0.1, 0.15) is 0 Å². The van der Waals surface area contributed by atoms with Crippen molar-refractivity contribution in [2.75, 3.05) is 0 Å². The van der Waals surface area contributed by atoms with Gasteiger partial charge < -0.3 is 15.9 Å². The van der Waals surface area contributed by atoms with Crippen molar-refractivity contribution in [3.63, 3.8) is 0 Å². The highest BCUT2D eigenvalue weighted by atomic mass is 16.3. The molecule has 0 aromatic carbocycles. The van der Waals surface area contributed by atoms with Gasteiger partial charge in [-0.25, -0.2) is 0 Å². The summed E-state index contributed by atoms with van der Waals surface area (Å²) in [5.41, 5.74) is 5.20. The lowest BCUT2D eigenvalue weighted by Gasteiger charge is -2.35. The van der Waals surface area contributed by atoms with Gasteiger partial charge in [-0.1, -0.05) is 51.9 Å². The fraction of sp³-hybridized carbons (Fsp3) is 1.00. The predicted molar refractivity (Wildman–Crippen MR) is 72.9 cm³/mol. The van der Waals surface area contributed by atoms with Gasteiger partial charge in [0.2, 0.25) is 0 Å². The van der Waals surface area contributed by atoms with Crippen LogP contribution in [0.25, 0.3) is 0 Å². The second kappa shape index (κ2) is 8.90. The molecule has 2 unspecified atom stereocenters. The van der Waals surface area contributed by atoms with Crippen LogP contribution in [0.1, 0.15) is 72.1 Å². The van der Waals surface area contributed by atoms with Crippen LogP contribution in [0.5, 0.6) is 0 Å². The van der Waals surface area contributed by atoms with Crippen LogP contribution in [0.15, 0.2) is 0 Å². The summed E-state index contributed by atoms with van der Waals surface area (Å²) >= 11 is 0. The third kappa shape index (κ3) is 6.39. The summed E-state index contributed by atoms with van der Waals surface area (Å²) in [5.74, 6) is 0. The van der Waals surface area contributed by atoms with E-state index >= 15 is 0 Å². The molecule has 0 saturated carbocycles. The minimum absolute atomic E-state index is 0.664. The van der Waals surface area contributed by atoms with E-state index in [-0.39, 0.29) is 0 Å². The molecule has 0 spiro atoms. The maximum absolute atomic E-state index is 9.63. The molecule has 0 aliphatic heterocycles. The van der Waals surface area contributed by atoms with Crippen molar-refractivity contribution in [2.24, 2.45) is 5.73 Å². The molecule has 0 rings (SSSR count). The minimum Gasteiger partial charge on any atom is -0.391 e. The molecular formula is C14H31NO2. The second-order valence-electron chi connectivity index (χ2n) is 5.34. The van der Waals surface area contributed by atoms with E-state index in [1.54, 1.807) is 13.8 Å². The van der Waals surface area contributed by atoms with Crippen molar-refractivity contribution in [1.29, 1.82) is 0 Å². The van der Waals surface area contributed by atoms with Crippen LogP contribution in [0, 0.1) is 0 Å². The summed E-state index contributed by atoms with van der Waals surface area (Å²) in [6.45, 7) is 5.54. The molecule has 0 aliphatic carbocycles. The molecule has 17 heavy (non-hydrogen) atoms. The van der Waals surface area contributed by atoms with Gasteiger partial charge in [-0.05, 0) is 20.3 Å². The van der Waals surface area contributed by atoms with E-state index in [1.807, 2.05) is 0 Å². The number of hydrogen-bond donors (Lipinski definition) is 3. The number of aliphatic hydroxyl groups excluding tert-OH is 2. The van der Waals surface area contributed by atoms with Crippen molar-refractivity contribution < 1.29 is 10.2 Å². The Balaban J connectivity index is 3.70. The summed E-state index contributed by atoms with van der Waals surface area (Å²) in [5, 5.41) is 19.3. The summed E-state index contributed by atoms with van der Waals surface area (Å²) in [6, 6.07) is 0. The van der Waals surface area contributed by atoms with Gasteiger partial charge in [-0.2, -0.15) is 0 Å². The van der Waals surface area contributed by atoms with Crippen molar-refractivity contribution in [3.8, 4) is 0 Å². The third-order valence-electron chi connectivity index (χ3n) is 3.77. The lowest BCUT2D eigenvalue weighted by atomic mass is 9.83. The summed E-state index contributed by atoms with van der Waals surface area (Å²) < 4.78 is 0. The molecule has 0 saturated heterocycles. The van der Waals surface area contributed by atoms with E-state index in [9.17, 15) is 10.2 Å². The van der Waals surface area contributed by atoms with Crippen molar-refractivity contribution in [2.45, 2.75) is 89.9 Å². The molecule has 0 aromatic heterocycles. The smallest absolute Gasteiger partial charge is 0.0716 e. The molecular weight excluding hydrogens is 214 g/mol. The van der Waals surface area contributed by atoms with E-state index in [0.29, 0.717) is 6.42 Å². The Bertz CT molecular complexity index is 173. The lowest BCUT2D eigenvalue weighted by molar-refractivity contribution is 0.00127. The number of hydrogen-bond acceptors (Lipinski definition) is 3. The maximum atomic E-state index is 9.63. The number of rotatable bonds is 10. The van der Waals surface area contributed by atoms with Gasteiger partial charge in [0.15, 0.2) is 0 Å². The normalized spacial score (nSPS) is 18.7. The van der Waals surface area contributed by atoms with Gasteiger partial charge in [0.05, 0.1) is 17.7 Å².